The summed E-state index contributed by atoms with van der Waals surface area (Å²) in [6.45, 7) is 3.86. The molecule has 2 N–H and O–H groups in total. The summed E-state index contributed by atoms with van der Waals surface area (Å²) in [7, 11) is -3.67. The Morgan fingerprint density at radius 1 is 1.33 bits per heavy atom. The second-order valence-electron chi connectivity index (χ2n) is 3.68. The van der Waals surface area contributed by atoms with E-state index in [-0.39, 0.29) is 9.92 Å². The van der Waals surface area contributed by atoms with Gasteiger partial charge in [-0.15, -0.1) is 0 Å². The molecule has 0 fully saturated rings. The molecule has 102 valence electrons. The first-order valence-electron chi connectivity index (χ1n) is 5.63. The molecule has 18 heavy (non-hydrogen) atoms. The Labute approximate surface area is 112 Å². The van der Waals surface area contributed by atoms with E-state index in [1.807, 2.05) is 6.92 Å². The highest BCUT2D eigenvalue weighted by Crippen LogP contribution is 2.21. The second-order valence-corrected chi connectivity index (χ2v) is 5.82. The molecule has 4 nitrogen and oxygen atoms in total. The van der Waals surface area contributed by atoms with Crippen LogP contribution >= 0.6 is 11.6 Å². The number of benzene rings is 1. The molecule has 0 saturated carbocycles. The lowest BCUT2D eigenvalue weighted by Crippen LogP contribution is -2.27. The Hall–Kier alpha value is -0.690. The van der Waals surface area contributed by atoms with Gasteiger partial charge in [-0.25, -0.2) is 17.5 Å². The lowest BCUT2D eigenvalue weighted by Gasteiger charge is -2.08. The first-order valence-corrected chi connectivity index (χ1v) is 7.49. The smallest absolute Gasteiger partial charge is 0.242 e. The average Bonchev–Trinajstić information content (AvgIpc) is 2.28. The van der Waals surface area contributed by atoms with Crippen molar-refractivity contribution in [2.75, 3.05) is 19.6 Å². The van der Waals surface area contributed by atoms with Crippen LogP contribution in [0.25, 0.3) is 0 Å². The molecule has 1 aromatic carbocycles. The number of nitrogens with one attached hydrogen (secondary N) is 2. The van der Waals surface area contributed by atoms with Crippen LogP contribution in [0.4, 0.5) is 4.39 Å². The van der Waals surface area contributed by atoms with Crippen LogP contribution in [0.1, 0.15) is 13.3 Å². The highest BCUT2D eigenvalue weighted by Gasteiger charge is 2.17. The first-order chi connectivity index (χ1) is 8.47. The van der Waals surface area contributed by atoms with Crippen LogP contribution in [-0.4, -0.2) is 28.1 Å². The third-order valence-corrected chi connectivity index (χ3v) is 4.20. The van der Waals surface area contributed by atoms with E-state index < -0.39 is 15.8 Å². The third-order valence-electron chi connectivity index (χ3n) is 2.26. The molecule has 0 aliphatic rings. The Morgan fingerprint density at radius 3 is 2.67 bits per heavy atom. The van der Waals surface area contributed by atoms with Gasteiger partial charge in [0.2, 0.25) is 10.0 Å². The minimum atomic E-state index is -3.67. The zero-order chi connectivity index (χ0) is 13.6. The van der Waals surface area contributed by atoms with E-state index in [9.17, 15) is 12.8 Å². The van der Waals surface area contributed by atoms with Crippen LogP contribution < -0.4 is 10.0 Å². The fourth-order valence-electron chi connectivity index (χ4n) is 1.37. The predicted molar refractivity (Wildman–Crippen MR) is 69.8 cm³/mol. The largest absolute Gasteiger partial charge is 0.317 e. The van der Waals surface area contributed by atoms with Crippen molar-refractivity contribution < 1.29 is 12.8 Å². The van der Waals surface area contributed by atoms with Crippen LogP contribution in [-0.2, 0) is 10.0 Å². The Balaban J connectivity index is 2.63. The molecule has 0 spiro atoms. The zero-order valence-electron chi connectivity index (χ0n) is 10.0. The average molecular weight is 295 g/mol. The molecule has 0 bridgehead atoms. The van der Waals surface area contributed by atoms with E-state index in [1.165, 1.54) is 0 Å². The molecule has 0 aromatic heterocycles. The SMILES string of the molecule is CCNCCCNS(=O)(=O)c1ccc(F)cc1Cl. The summed E-state index contributed by atoms with van der Waals surface area (Å²) in [4.78, 5) is -0.103. The fraction of sp³-hybridized carbons (Fsp3) is 0.455. The maximum Gasteiger partial charge on any atom is 0.242 e. The van der Waals surface area contributed by atoms with Crippen molar-refractivity contribution >= 4 is 21.6 Å². The van der Waals surface area contributed by atoms with E-state index in [4.69, 9.17) is 11.6 Å². The van der Waals surface area contributed by atoms with Gasteiger partial charge in [0.15, 0.2) is 0 Å². The molecule has 0 heterocycles. The number of hydrogen-bond acceptors (Lipinski definition) is 3. The van der Waals surface area contributed by atoms with Gasteiger partial charge in [0.1, 0.15) is 10.7 Å². The molecule has 0 unspecified atom stereocenters. The van der Waals surface area contributed by atoms with Crippen LogP contribution in [0.2, 0.25) is 5.02 Å². The van der Waals surface area contributed by atoms with Crippen molar-refractivity contribution in [2.45, 2.75) is 18.2 Å². The van der Waals surface area contributed by atoms with E-state index >= 15 is 0 Å². The Kier molecular flexibility index (Phi) is 6.01. The molecule has 0 atom stereocenters. The van der Waals surface area contributed by atoms with E-state index in [2.05, 4.69) is 10.0 Å². The van der Waals surface area contributed by atoms with Gasteiger partial charge in [-0.2, -0.15) is 0 Å². The normalized spacial score (nSPS) is 11.7. The molecular weight excluding hydrogens is 279 g/mol. The Morgan fingerprint density at radius 2 is 2.06 bits per heavy atom. The monoisotopic (exact) mass is 294 g/mol. The van der Waals surface area contributed by atoms with Gasteiger partial charge in [0.25, 0.3) is 0 Å². The summed E-state index contributed by atoms with van der Waals surface area (Å²) in [5.41, 5.74) is 0. The van der Waals surface area contributed by atoms with Gasteiger partial charge >= 0.3 is 0 Å². The van der Waals surface area contributed by atoms with Gasteiger partial charge in [-0.05, 0) is 37.7 Å². The number of sulfonamides is 1. The highest BCUT2D eigenvalue weighted by molar-refractivity contribution is 7.89. The molecule has 0 saturated heterocycles. The van der Waals surface area contributed by atoms with Crippen molar-refractivity contribution in [1.82, 2.24) is 10.0 Å². The molecule has 1 rings (SSSR count). The number of hydrogen-bond donors (Lipinski definition) is 2. The van der Waals surface area contributed by atoms with Crippen LogP contribution in [0, 0.1) is 5.82 Å². The van der Waals surface area contributed by atoms with Crippen molar-refractivity contribution in [1.29, 1.82) is 0 Å². The van der Waals surface area contributed by atoms with Gasteiger partial charge in [-0.3, -0.25) is 0 Å². The quantitative estimate of drug-likeness (QED) is 0.754. The minimum Gasteiger partial charge on any atom is -0.317 e. The fourth-order valence-corrected chi connectivity index (χ4v) is 2.97. The standard InChI is InChI=1S/C11H16ClFN2O2S/c1-2-14-6-3-7-15-18(16,17)11-5-4-9(13)8-10(11)12/h4-5,8,14-15H,2-3,6-7H2,1H3. The summed E-state index contributed by atoms with van der Waals surface area (Å²) >= 11 is 5.71. The van der Waals surface area contributed by atoms with Gasteiger partial charge in [0.05, 0.1) is 5.02 Å². The van der Waals surface area contributed by atoms with E-state index in [0.29, 0.717) is 13.0 Å². The summed E-state index contributed by atoms with van der Waals surface area (Å²) in [6, 6.07) is 3.21. The summed E-state index contributed by atoms with van der Waals surface area (Å²) in [5, 5.41) is 2.97. The van der Waals surface area contributed by atoms with Crippen molar-refractivity contribution in [2.24, 2.45) is 0 Å². The molecule has 0 amide bonds. The maximum absolute atomic E-state index is 12.8. The topological polar surface area (TPSA) is 58.2 Å². The van der Waals surface area contributed by atoms with Gasteiger partial charge in [0, 0.05) is 6.54 Å². The molecule has 1 aromatic rings. The Bertz CT molecular complexity index is 494. The van der Waals surface area contributed by atoms with Crippen molar-refractivity contribution in [3.8, 4) is 0 Å². The van der Waals surface area contributed by atoms with E-state index in [1.54, 1.807) is 0 Å². The lowest BCUT2D eigenvalue weighted by atomic mass is 10.3. The van der Waals surface area contributed by atoms with Gasteiger partial charge < -0.3 is 5.32 Å². The molecule has 0 radical (unpaired) electrons. The lowest BCUT2D eigenvalue weighted by molar-refractivity contribution is 0.574. The maximum atomic E-state index is 12.8. The van der Waals surface area contributed by atoms with Crippen molar-refractivity contribution in [3.63, 3.8) is 0 Å². The predicted octanol–water partition coefficient (Wildman–Crippen LogP) is 1.76. The molecule has 7 heteroatoms. The second kappa shape index (κ2) is 7.04. The summed E-state index contributed by atoms with van der Waals surface area (Å²) < 4.78 is 39.0. The molecular formula is C11H16ClFN2O2S. The number of halogens is 2. The van der Waals surface area contributed by atoms with E-state index in [0.717, 1.165) is 31.3 Å². The molecule has 0 aliphatic heterocycles. The third kappa shape index (κ3) is 4.53. The van der Waals surface area contributed by atoms with Gasteiger partial charge in [-0.1, -0.05) is 18.5 Å². The number of rotatable bonds is 7. The minimum absolute atomic E-state index is 0.103. The molecule has 0 aliphatic carbocycles. The van der Waals surface area contributed by atoms with Crippen molar-refractivity contribution in [3.05, 3.63) is 29.0 Å². The first kappa shape index (κ1) is 15.4. The van der Waals surface area contributed by atoms with Crippen LogP contribution in [0.15, 0.2) is 23.1 Å². The zero-order valence-corrected chi connectivity index (χ0v) is 11.6. The van der Waals surface area contributed by atoms with Crippen LogP contribution in [0.5, 0.6) is 0 Å². The van der Waals surface area contributed by atoms with Crippen LogP contribution in [0.3, 0.4) is 0 Å². The highest BCUT2D eigenvalue weighted by atomic mass is 35.5. The summed E-state index contributed by atoms with van der Waals surface area (Å²) in [6.07, 6.45) is 0.673. The summed E-state index contributed by atoms with van der Waals surface area (Å²) in [5.74, 6) is -0.564.